The summed E-state index contributed by atoms with van der Waals surface area (Å²) in [5.41, 5.74) is 7.29. The van der Waals surface area contributed by atoms with Gasteiger partial charge in [0, 0.05) is 0 Å². The number of benzene rings is 2. The lowest BCUT2D eigenvalue weighted by molar-refractivity contribution is 0.430. The average molecular weight is 304 g/mol. The van der Waals surface area contributed by atoms with Crippen molar-refractivity contribution >= 4 is 0 Å². The van der Waals surface area contributed by atoms with Crippen LogP contribution in [0.5, 0.6) is 0 Å². The first kappa shape index (κ1) is 16.1. The summed E-state index contributed by atoms with van der Waals surface area (Å²) in [5, 5.41) is 0. The predicted molar refractivity (Wildman–Crippen MR) is 101 cm³/mol. The Labute approximate surface area is 141 Å². The van der Waals surface area contributed by atoms with E-state index in [1.807, 2.05) is 0 Å². The van der Waals surface area contributed by atoms with Crippen molar-refractivity contribution in [3.63, 3.8) is 0 Å². The third-order valence-corrected chi connectivity index (χ3v) is 5.21. The Morgan fingerprint density at radius 1 is 1.00 bits per heavy atom. The molecule has 2 aromatic carbocycles. The third kappa shape index (κ3) is 3.93. The van der Waals surface area contributed by atoms with Gasteiger partial charge in [0.05, 0.1) is 0 Å². The van der Waals surface area contributed by atoms with Crippen LogP contribution in [0.25, 0.3) is 11.1 Å². The molecule has 0 N–H and O–H groups in total. The van der Waals surface area contributed by atoms with Crippen molar-refractivity contribution in [1.82, 2.24) is 0 Å². The number of fused-ring (bicyclic) bond motifs is 1. The molecule has 2 aromatic rings. The van der Waals surface area contributed by atoms with E-state index in [0.29, 0.717) is 0 Å². The molecule has 0 fully saturated rings. The summed E-state index contributed by atoms with van der Waals surface area (Å²) in [6, 6.07) is 16.2. The van der Waals surface area contributed by atoms with Crippen LogP contribution in [0.4, 0.5) is 0 Å². The lowest BCUT2D eigenvalue weighted by Gasteiger charge is -2.25. The second kappa shape index (κ2) is 7.64. The fourth-order valence-corrected chi connectivity index (χ4v) is 3.69. The minimum Gasteiger partial charge on any atom is -0.0917 e. The molecule has 1 unspecified atom stereocenters. The molecule has 0 nitrogen and oxygen atoms in total. The number of rotatable bonds is 5. The van der Waals surface area contributed by atoms with Crippen LogP contribution in [-0.4, -0.2) is 0 Å². The first-order valence-electron chi connectivity index (χ1n) is 9.12. The average Bonchev–Trinajstić information content (AvgIpc) is 2.61. The van der Waals surface area contributed by atoms with Crippen LogP contribution in [0, 0.1) is 5.92 Å². The molecule has 0 aromatic heterocycles. The summed E-state index contributed by atoms with van der Waals surface area (Å²) >= 11 is 0. The van der Waals surface area contributed by atoms with Crippen molar-refractivity contribution in [3.05, 3.63) is 71.3 Å². The number of hydrogen-bond acceptors (Lipinski definition) is 0. The summed E-state index contributed by atoms with van der Waals surface area (Å²) in [7, 11) is 0. The van der Waals surface area contributed by atoms with Gasteiger partial charge < -0.3 is 0 Å². The normalized spacial score (nSPS) is 17.4. The van der Waals surface area contributed by atoms with Crippen LogP contribution in [0.2, 0.25) is 0 Å². The minimum absolute atomic E-state index is 0.869. The molecule has 0 saturated carbocycles. The van der Waals surface area contributed by atoms with Gasteiger partial charge in [-0.05, 0) is 79.2 Å². The monoisotopic (exact) mass is 304 g/mol. The Morgan fingerprint density at radius 3 is 2.52 bits per heavy atom. The molecule has 0 heterocycles. The molecular formula is C23H28. The first-order chi connectivity index (χ1) is 11.3. The summed E-state index contributed by atoms with van der Waals surface area (Å²) in [5.74, 6) is 0.869. The zero-order valence-electron chi connectivity index (χ0n) is 14.5. The fraction of sp³-hybridized carbons (Fsp3) is 0.391. The van der Waals surface area contributed by atoms with Crippen LogP contribution in [-0.2, 0) is 19.3 Å². The Kier molecular flexibility index (Phi) is 5.33. The molecule has 0 spiro atoms. The van der Waals surface area contributed by atoms with Gasteiger partial charge in [0.25, 0.3) is 0 Å². The minimum atomic E-state index is 0.869. The highest BCUT2D eigenvalue weighted by atomic mass is 14.2. The molecule has 0 saturated heterocycles. The number of hydrogen-bond donors (Lipinski definition) is 0. The van der Waals surface area contributed by atoms with Crippen molar-refractivity contribution in [3.8, 4) is 11.1 Å². The molecule has 3 rings (SSSR count). The van der Waals surface area contributed by atoms with E-state index in [-0.39, 0.29) is 0 Å². The molecule has 0 heteroatoms. The van der Waals surface area contributed by atoms with Gasteiger partial charge in [-0.1, -0.05) is 61.5 Å². The maximum atomic E-state index is 2.43. The fourth-order valence-electron chi connectivity index (χ4n) is 3.69. The third-order valence-electron chi connectivity index (χ3n) is 5.21. The maximum absolute atomic E-state index is 2.43. The van der Waals surface area contributed by atoms with Crippen molar-refractivity contribution in [1.29, 1.82) is 0 Å². The van der Waals surface area contributed by atoms with Crippen LogP contribution in [0.3, 0.4) is 0 Å². The Hall–Kier alpha value is -1.82. The zero-order chi connectivity index (χ0) is 16.1. The van der Waals surface area contributed by atoms with Crippen molar-refractivity contribution < 1.29 is 0 Å². The highest BCUT2D eigenvalue weighted by Gasteiger charge is 2.18. The van der Waals surface area contributed by atoms with Gasteiger partial charge >= 0.3 is 0 Å². The quantitative estimate of drug-likeness (QED) is 0.562. The molecule has 1 aliphatic carbocycles. The van der Waals surface area contributed by atoms with E-state index in [9.17, 15) is 0 Å². The first-order valence-corrected chi connectivity index (χ1v) is 9.12. The van der Waals surface area contributed by atoms with Crippen LogP contribution < -0.4 is 0 Å². The SMILES string of the molecule is C/C=C/CCC1CCc2cc(-c3ccc(CC)cc3)ccc2C1. The topological polar surface area (TPSA) is 0 Å². The predicted octanol–water partition coefficient (Wildman–Crippen LogP) is 6.38. The maximum Gasteiger partial charge on any atom is -0.0181 e. The molecule has 0 amide bonds. The zero-order valence-corrected chi connectivity index (χ0v) is 14.5. The van der Waals surface area contributed by atoms with E-state index in [2.05, 4.69) is 68.5 Å². The molecule has 120 valence electrons. The van der Waals surface area contributed by atoms with Gasteiger partial charge in [-0.15, -0.1) is 0 Å². The molecular weight excluding hydrogens is 276 g/mol. The summed E-state index contributed by atoms with van der Waals surface area (Å²) in [6.07, 6.45) is 12.0. The van der Waals surface area contributed by atoms with Crippen LogP contribution >= 0.6 is 0 Å². The van der Waals surface area contributed by atoms with E-state index in [0.717, 1.165) is 12.3 Å². The van der Waals surface area contributed by atoms with Gasteiger partial charge in [-0.3, -0.25) is 0 Å². The second-order valence-corrected chi connectivity index (χ2v) is 6.79. The Bertz CT molecular complexity index is 661. The second-order valence-electron chi connectivity index (χ2n) is 6.79. The van der Waals surface area contributed by atoms with E-state index >= 15 is 0 Å². The highest BCUT2D eigenvalue weighted by Crippen LogP contribution is 2.31. The summed E-state index contributed by atoms with van der Waals surface area (Å²) < 4.78 is 0. The van der Waals surface area contributed by atoms with Gasteiger partial charge in [0.15, 0.2) is 0 Å². The van der Waals surface area contributed by atoms with E-state index in [1.54, 1.807) is 11.1 Å². The van der Waals surface area contributed by atoms with Crippen molar-refractivity contribution in [2.45, 2.75) is 52.4 Å². The molecule has 0 bridgehead atoms. The molecule has 23 heavy (non-hydrogen) atoms. The summed E-state index contributed by atoms with van der Waals surface area (Å²) in [4.78, 5) is 0. The van der Waals surface area contributed by atoms with Gasteiger partial charge in [-0.2, -0.15) is 0 Å². The molecule has 0 radical (unpaired) electrons. The van der Waals surface area contributed by atoms with Gasteiger partial charge in [0.2, 0.25) is 0 Å². The number of allylic oxidation sites excluding steroid dienone is 2. The standard InChI is InChI=1S/C23H28/c1-3-5-6-7-19-10-13-23-17-22(15-14-21(23)16-19)20-11-8-18(4-2)9-12-20/h3,5,8-9,11-12,14-15,17,19H,4,6-7,10,13,16H2,1-2H3/b5-3+. The largest absolute Gasteiger partial charge is 0.0917 e. The van der Waals surface area contributed by atoms with Crippen LogP contribution in [0.1, 0.15) is 49.8 Å². The van der Waals surface area contributed by atoms with Gasteiger partial charge in [-0.25, -0.2) is 0 Å². The molecule has 1 aliphatic rings. The van der Waals surface area contributed by atoms with Crippen molar-refractivity contribution in [2.75, 3.05) is 0 Å². The molecule has 1 atom stereocenters. The van der Waals surface area contributed by atoms with E-state index < -0.39 is 0 Å². The Balaban J connectivity index is 1.73. The van der Waals surface area contributed by atoms with Crippen LogP contribution in [0.15, 0.2) is 54.6 Å². The molecule has 0 aliphatic heterocycles. The number of aryl methyl sites for hydroxylation is 2. The lowest BCUT2D eigenvalue weighted by Crippen LogP contribution is -2.14. The van der Waals surface area contributed by atoms with E-state index in [4.69, 9.17) is 0 Å². The smallest absolute Gasteiger partial charge is 0.0181 e. The van der Waals surface area contributed by atoms with Gasteiger partial charge in [0.1, 0.15) is 0 Å². The van der Waals surface area contributed by atoms with Crippen molar-refractivity contribution in [2.24, 2.45) is 5.92 Å². The van der Waals surface area contributed by atoms with E-state index in [1.165, 1.54) is 48.8 Å². The highest BCUT2D eigenvalue weighted by molar-refractivity contribution is 5.65. The summed E-state index contributed by atoms with van der Waals surface area (Å²) in [6.45, 7) is 4.32. The lowest BCUT2D eigenvalue weighted by atomic mass is 9.80. The Morgan fingerprint density at radius 2 is 1.78 bits per heavy atom.